The van der Waals surface area contributed by atoms with Crippen molar-refractivity contribution < 1.29 is 19.4 Å². The maximum absolute atomic E-state index is 12.9. The fourth-order valence-electron chi connectivity index (χ4n) is 4.47. The van der Waals surface area contributed by atoms with Gasteiger partial charge in [0.25, 0.3) is 11.7 Å². The summed E-state index contributed by atoms with van der Waals surface area (Å²) in [4.78, 5) is 27.5. The minimum atomic E-state index is -0.606. The molecule has 3 aliphatic rings. The number of aliphatic hydroxyl groups excluding tert-OH is 1. The van der Waals surface area contributed by atoms with E-state index in [0.717, 1.165) is 32.1 Å². The molecule has 0 unspecified atom stereocenters. The van der Waals surface area contributed by atoms with Crippen molar-refractivity contribution in [2.24, 2.45) is 5.92 Å². The molecule has 1 amide bonds. The molecule has 2 heterocycles. The molecule has 2 aliphatic heterocycles. The summed E-state index contributed by atoms with van der Waals surface area (Å²) in [5.74, 6) is -1.16. The normalized spacial score (nSPS) is 29.6. The fraction of sp³-hybridized carbons (Fsp3) is 0.455. The van der Waals surface area contributed by atoms with Crippen LogP contribution in [0.1, 0.15) is 37.7 Å². The van der Waals surface area contributed by atoms with Crippen LogP contribution in [0.5, 0.6) is 0 Å². The molecule has 1 aromatic carbocycles. The second-order valence-electron chi connectivity index (χ2n) is 7.68. The molecule has 0 radical (unpaired) electrons. The molecule has 1 aromatic rings. The Morgan fingerprint density at radius 2 is 1.96 bits per heavy atom. The van der Waals surface area contributed by atoms with E-state index in [9.17, 15) is 14.7 Å². The van der Waals surface area contributed by atoms with E-state index in [4.69, 9.17) is 16.3 Å². The Balaban J connectivity index is 1.74. The van der Waals surface area contributed by atoms with Crippen LogP contribution in [0.15, 0.2) is 42.0 Å². The summed E-state index contributed by atoms with van der Waals surface area (Å²) in [5.41, 5.74) is 0.710. The van der Waals surface area contributed by atoms with Gasteiger partial charge in [0.05, 0.1) is 17.7 Å². The van der Waals surface area contributed by atoms with Crippen LogP contribution in [0.25, 0.3) is 5.76 Å². The van der Waals surface area contributed by atoms with Gasteiger partial charge < -0.3 is 14.7 Å². The number of hydrogen-bond donors (Lipinski definition) is 1. The number of likely N-dealkylation sites (tertiary alicyclic amines) is 1. The number of allylic oxidation sites excluding steroid dienone is 2. The minimum Gasteiger partial charge on any atom is -0.507 e. The minimum absolute atomic E-state index is 0.0459. The number of ether oxygens (including phenoxy) is 1. The first-order valence-electron chi connectivity index (χ1n) is 9.87. The number of nitrogens with zero attached hydrogens (tertiary/aromatic N) is 1. The van der Waals surface area contributed by atoms with E-state index in [-0.39, 0.29) is 23.4 Å². The van der Waals surface area contributed by atoms with Gasteiger partial charge in [0, 0.05) is 23.7 Å². The molecule has 2 saturated heterocycles. The zero-order valence-corrected chi connectivity index (χ0v) is 16.4. The quantitative estimate of drug-likeness (QED) is 0.359. The van der Waals surface area contributed by atoms with Gasteiger partial charge in [0.1, 0.15) is 5.76 Å². The van der Waals surface area contributed by atoms with Crippen molar-refractivity contribution in [2.45, 2.75) is 44.2 Å². The first-order valence-corrected chi connectivity index (χ1v) is 10.2. The molecule has 0 aromatic heterocycles. The molecule has 2 fully saturated rings. The summed E-state index contributed by atoms with van der Waals surface area (Å²) in [6.07, 6.45) is 8.60. The average Bonchev–Trinajstić information content (AvgIpc) is 3.31. The predicted molar refractivity (Wildman–Crippen MR) is 107 cm³/mol. The molecule has 0 saturated carbocycles. The highest BCUT2D eigenvalue weighted by atomic mass is 35.5. The Bertz CT molecular complexity index is 823. The van der Waals surface area contributed by atoms with Gasteiger partial charge in [0.2, 0.25) is 0 Å². The van der Waals surface area contributed by atoms with Crippen LogP contribution < -0.4 is 0 Å². The molecule has 3 atom stereocenters. The van der Waals surface area contributed by atoms with E-state index in [2.05, 4.69) is 12.2 Å². The van der Waals surface area contributed by atoms with Gasteiger partial charge in [-0.3, -0.25) is 9.59 Å². The lowest BCUT2D eigenvalue weighted by Crippen LogP contribution is -2.43. The van der Waals surface area contributed by atoms with Gasteiger partial charge >= 0.3 is 0 Å². The van der Waals surface area contributed by atoms with Crippen LogP contribution in [0.2, 0.25) is 5.02 Å². The number of benzene rings is 1. The van der Waals surface area contributed by atoms with Crippen molar-refractivity contribution in [3.8, 4) is 0 Å². The Labute approximate surface area is 169 Å². The van der Waals surface area contributed by atoms with Gasteiger partial charge in [-0.15, -0.1) is 0 Å². The van der Waals surface area contributed by atoms with E-state index >= 15 is 0 Å². The molecule has 4 rings (SSSR count). The van der Waals surface area contributed by atoms with E-state index in [1.54, 1.807) is 29.2 Å². The summed E-state index contributed by atoms with van der Waals surface area (Å²) < 4.78 is 5.72. The number of Topliss-reactive ketones (excluding diaryl/α,β-unsaturated/α-hetero) is 1. The Hall–Kier alpha value is -2.11. The monoisotopic (exact) mass is 401 g/mol. The SMILES string of the molecule is O=C1C(=O)N(C[C@@H]2CCCO2)[C@@H]([C@@H]2CC=CCC2)C1=C(O)c1ccc(Cl)cc1. The molecule has 28 heavy (non-hydrogen) atoms. The van der Waals surface area contributed by atoms with Gasteiger partial charge in [-0.1, -0.05) is 23.8 Å². The highest BCUT2D eigenvalue weighted by Gasteiger charge is 2.49. The summed E-state index contributed by atoms with van der Waals surface area (Å²) in [6, 6.07) is 6.24. The van der Waals surface area contributed by atoms with E-state index in [0.29, 0.717) is 23.7 Å². The topological polar surface area (TPSA) is 66.8 Å². The summed E-state index contributed by atoms with van der Waals surface area (Å²) in [6.45, 7) is 1.09. The molecule has 0 bridgehead atoms. The van der Waals surface area contributed by atoms with Crippen LogP contribution >= 0.6 is 11.6 Å². The standard InChI is InChI=1S/C22H24ClNO4/c23-16-10-8-15(9-11-16)20(25)18-19(14-5-2-1-3-6-14)24(22(27)21(18)26)13-17-7-4-12-28-17/h1-2,8-11,14,17,19,25H,3-7,12-13H2/t14-,17+,19+/m1/s1. The Morgan fingerprint density at radius 3 is 2.61 bits per heavy atom. The van der Waals surface area contributed by atoms with Crippen LogP contribution in [-0.4, -0.2) is 47.0 Å². The van der Waals surface area contributed by atoms with Crippen molar-refractivity contribution in [1.82, 2.24) is 4.90 Å². The molecular weight excluding hydrogens is 378 g/mol. The number of carbonyl (C=O) groups is 2. The van der Waals surface area contributed by atoms with Crippen molar-refractivity contribution >= 4 is 29.1 Å². The lowest BCUT2D eigenvalue weighted by molar-refractivity contribution is -0.141. The Kier molecular flexibility index (Phi) is 5.56. The van der Waals surface area contributed by atoms with Crippen LogP contribution in [0, 0.1) is 5.92 Å². The summed E-state index contributed by atoms with van der Waals surface area (Å²) >= 11 is 5.95. The molecular formula is C22H24ClNO4. The van der Waals surface area contributed by atoms with Crippen LogP contribution in [0.4, 0.5) is 0 Å². The van der Waals surface area contributed by atoms with Gasteiger partial charge in [-0.05, 0) is 62.3 Å². The van der Waals surface area contributed by atoms with Gasteiger partial charge in [0.15, 0.2) is 0 Å². The molecule has 148 valence electrons. The lowest BCUT2D eigenvalue weighted by atomic mass is 9.83. The van der Waals surface area contributed by atoms with Crippen LogP contribution in [0.3, 0.4) is 0 Å². The van der Waals surface area contributed by atoms with E-state index in [1.807, 2.05) is 0 Å². The third-order valence-corrected chi connectivity index (χ3v) is 6.14. The van der Waals surface area contributed by atoms with Crippen molar-refractivity contribution in [3.63, 3.8) is 0 Å². The summed E-state index contributed by atoms with van der Waals surface area (Å²) in [5, 5.41) is 11.5. The second kappa shape index (κ2) is 8.10. The first kappa shape index (κ1) is 19.2. The lowest BCUT2D eigenvalue weighted by Gasteiger charge is -2.33. The smallest absolute Gasteiger partial charge is 0.295 e. The fourth-order valence-corrected chi connectivity index (χ4v) is 4.60. The molecule has 0 spiro atoms. The number of hydrogen-bond acceptors (Lipinski definition) is 4. The first-order chi connectivity index (χ1) is 13.6. The highest BCUT2D eigenvalue weighted by molar-refractivity contribution is 6.46. The van der Waals surface area contributed by atoms with E-state index in [1.165, 1.54) is 0 Å². The zero-order chi connectivity index (χ0) is 19.7. The number of halogens is 1. The average molecular weight is 402 g/mol. The molecule has 1 aliphatic carbocycles. The highest BCUT2D eigenvalue weighted by Crippen LogP contribution is 2.38. The molecule has 1 N–H and O–H groups in total. The predicted octanol–water partition coefficient (Wildman–Crippen LogP) is 3.92. The zero-order valence-electron chi connectivity index (χ0n) is 15.6. The Morgan fingerprint density at radius 1 is 1.18 bits per heavy atom. The maximum Gasteiger partial charge on any atom is 0.295 e. The second-order valence-corrected chi connectivity index (χ2v) is 8.12. The van der Waals surface area contributed by atoms with Crippen LogP contribution in [-0.2, 0) is 14.3 Å². The third-order valence-electron chi connectivity index (χ3n) is 5.88. The largest absolute Gasteiger partial charge is 0.507 e. The number of amides is 1. The molecule has 6 heteroatoms. The van der Waals surface area contributed by atoms with E-state index < -0.39 is 17.7 Å². The van der Waals surface area contributed by atoms with Gasteiger partial charge in [-0.2, -0.15) is 0 Å². The number of aliphatic hydroxyl groups is 1. The maximum atomic E-state index is 12.9. The van der Waals surface area contributed by atoms with Crippen molar-refractivity contribution in [1.29, 1.82) is 0 Å². The van der Waals surface area contributed by atoms with Crippen molar-refractivity contribution in [3.05, 3.63) is 52.6 Å². The number of rotatable bonds is 4. The third kappa shape index (κ3) is 3.61. The molecule has 5 nitrogen and oxygen atoms in total. The number of ketones is 1. The summed E-state index contributed by atoms with van der Waals surface area (Å²) in [7, 11) is 0. The van der Waals surface area contributed by atoms with Crippen molar-refractivity contribution in [2.75, 3.05) is 13.2 Å². The van der Waals surface area contributed by atoms with Gasteiger partial charge in [-0.25, -0.2) is 0 Å². The number of carbonyl (C=O) groups excluding carboxylic acids is 2.